The fourth-order valence-corrected chi connectivity index (χ4v) is 3.60. The molecule has 0 aromatic heterocycles. The smallest absolute Gasteiger partial charge is 0.325 e. The van der Waals surface area contributed by atoms with Gasteiger partial charge >= 0.3 is 5.97 Å². The highest BCUT2D eigenvalue weighted by molar-refractivity contribution is 7.80. The average molecular weight is 485 g/mol. The summed E-state index contributed by atoms with van der Waals surface area (Å²) in [5.74, 6) is 2.44. The van der Waals surface area contributed by atoms with Gasteiger partial charge in [0.25, 0.3) is 5.91 Å². The number of hydrogen-bond acceptors (Lipinski definition) is 6. The lowest BCUT2D eigenvalue weighted by molar-refractivity contribution is -0.140. The van der Waals surface area contributed by atoms with Crippen LogP contribution in [-0.4, -0.2) is 48.8 Å². The monoisotopic (exact) mass is 484 g/mol. The Labute approximate surface area is 202 Å². The second-order valence-corrected chi connectivity index (χ2v) is 7.52. The zero-order valence-electron chi connectivity index (χ0n) is 18.0. The topological polar surface area (TPSA) is 68.3 Å². The van der Waals surface area contributed by atoms with Crippen molar-refractivity contribution >= 4 is 52.6 Å². The maximum absolute atomic E-state index is 13.4. The number of ether oxygens (including phenoxy) is 3. The van der Waals surface area contributed by atoms with E-state index in [0.717, 1.165) is 0 Å². The van der Waals surface area contributed by atoms with Crippen LogP contribution in [0.4, 0.5) is 5.69 Å². The number of hydrogen-bond donors (Lipinski definition) is 0. The zero-order chi connectivity index (χ0) is 24.0. The first-order valence-corrected chi connectivity index (χ1v) is 10.7. The van der Waals surface area contributed by atoms with Gasteiger partial charge in [-0.3, -0.25) is 14.5 Å². The number of benzene rings is 2. The molecule has 0 bridgehead atoms. The van der Waals surface area contributed by atoms with Gasteiger partial charge in [0.15, 0.2) is 16.6 Å². The first kappa shape index (κ1) is 24.1. The molecule has 2 aromatic carbocycles. The van der Waals surface area contributed by atoms with E-state index in [1.807, 2.05) is 6.92 Å². The Morgan fingerprint density at radius 2 is 1.91 bits per heavy atom. The van der Waals surface area contributed by atoms with E-state index in [4.69, 9.17) is 44.5 Å². The van der Waals surface area contributed by atoms with Crippen molar-refractivity contribution in [1.29, 1.82) is 0 Å². The molecule has 1 saturated heterocycles. The van der Waals surface area contributed by atoms with E-state index in [9.17, 15) is 9.59 Å². The summed E-state index contributed by atoms with van der Waals surface area (Å²) in [6.07, 6.45) is 6.90. The maximum Gasteiger partial charge on any atom is 0.325 e. The molecule has 7 nitrogen and oxygen atoms in total. The fraction of sp³-hybridized carbons (Fsp3) is 0.208. The normalized spacial score (nSPS) is 14.4. The molecule has 3 rings (SSSR count). The lowest BCUT2D eigenvalue weighted by atomic mass is 10.1. The molecule has 0 aliphatic carbocycles. The van der Waals surface area contributed by atoms with Crippen LogP contribution in [-0.2, 0) is 14.3 Å². The number of rotatable bonds is 8. The van der Waals surface area contributed by atoms with Crippen LogP contribution in [0.25, 0.3) is 6.08 Å². The molecule has 1 amide bonds. The van der Waals surface area contributed by atoms with Gasteiger partial charge in [-0.05, 0) is 67.2 Å². The van der Waals surface area contributed by atoms with E-state index in [2.05, 4.69) is 5.92 Å². The van der Waals surface area contributed by atoms with Crippen molar-refractivity contribution in [3.8, 4) is 23.8 Å². The van der Waals surface area contributed by atoms with Crippen LogP contribution in [0.3, 0.4) is 0 Å². The van der Waals surface area contributed by atoms with E-state index in [1.54, 1.807) is 48.5 Å². The van der Waals surface area contributed by atoms with E-state index >= 15 is 0 Å². The number of methoxy groups -OCH3 is 1. The second-order valence-electron chi connectivity index (χ2n) is 6.72. The van der Waals surface area contributed by atoms with Gasteiger partial charge in [-0.15, -0.1) is 6.42 Å². The molecule has 1 heterocycles. The van der Waals surface area contributed by atoms with E-state index < -0.39 is 11.9 Å². The third-order valence-electron chi connectivity index (χ3n) is 4.62. The van der Waals surface area contributed by atoms with Crippen LogP contribution in [0.5, 0.6) is 11.5 Å². The van der Waals surface area contributed by atoms with Crippen LogP contribution in [0, 0.1) is 12.3 Å². The van der Waals surface area contributed by atoms with Crippen molar-refractivity contribution in [2.45, 2.75) is 6.92 Å². The minimum Gasteiger partial charge on any atom is -0.490 e. The molecule has 9 heteroatoms. The van der Waals surface area contributed by atoms with E-state index in [-0.39, 0.29) is 24.0 Å². The summed E-state index contributed by atoms with van der Waals surface area (Å²) >= 11 is 11.5. The predicted molar refractivity (Wildman–Crippen MR) is 130 cm³/mol. The van der Waals surface area contributed by atoms with Gasteiger partial charge in [0, 0.05) is 5.02 Å². The minimum absolute atomic E-state index is 0.0935. The van der Waals surface area contributed by atoms with Crippen molar-refractivity contribution in [1.82, 2.24) is 4.90 Å². The number of anilines is 1. The van der Waals surface area contributed by atoms with Gasteiger partial charge in [-0.1, -0.05) is 23.6 Å². The van der Waals surface area contributed by atoms with Gasteiger partial charge in [-0.25, -0.2) is 0 Å². The number of halogens is 1. The molecule has 1 aliphatic heterocycles. The summed E-state index contributed by atoms with van der Waals surface area (Å²) in [6, 6.07) is 11.8. The molecule has 0 N–H and O–H groups in total. The number of nitrogens with zero attached hydrogens (tertiary/aromatic N) is 2. The Morgan fingerprint density at radius 1 is 1.18 bits per heavy atom. The second kappa shape index (κ2) is 10.9. The Balaban J connectivity index is 2.03. The maximum atomic E-state index is 13.4. The van der Waals surface area contributed by atoms with Gasteiger partial charge in [0.1, 0.15) is 18.8 Å². The van der Waals surface area contributed by atoms with Crippen LogP contribution >= 0.6 is 23.8 Å². The molecule has 33 heavy (non-hydrogen) atoms. The van der Waals surface area contributed by atoms with Crippen LogP contribution in [0.2, 0.25) is 5.02 Å². The molecular formula is C24H21ClN2O5S. The summed E-state index contributed by atoms with van der Waals surface area (Å²) in [4.78, 5) is 28.2. The highest BCUT2D eigenvalue weighted by Crippen LogP contribution is 2.33. The van der Waals surface area contributed by atoms with E-state index in [1.165, 1.54) is 16.9 Å². The van der Waals surface area contributed by atoms with Gasteiger partial charge in [0.2, 0.25) is 0 Å². The molecule has 0 spiro atoms. The lowest BCUT2D eigenvalue weighted by Crippen LogP contribution is -2.35. The van der Waals surface area contributed by atoms with Crippen LogP contribution < -0.4 is 14.4 Å². The average Bonchev–Trinajstić information content (AvgIpc) is 3.03. The Morgan fingerprint density at radius 3 is 2.55 bits per heavy atom. The van der Waals surface area contributed by atoms with Gasteiger partial charge < -0.3 is 19.1 Å². The molecule has 1 fully saturated rings. The SMILES string of the molecule is C#CCOc1ccc(/C=C2/C(=O)N(c3ccc(Cl)cc3)C(=S)N2CC(=O)OC)cc1OCC. The summed E-state index contributed by atoms with van der Waals surface area (Å²) in [7, 11) is 1.27. The summed E-state index contributed by atoms with van der Waals surface area (Å²) in [5.41, 5.74) is 1.38. The minimum atomic E-state index is -0.540. The predicted octanol–water partition coefficient (Wildman–Crippen LogP) is 3.90. The third-order valence-corrected chi connectivity index (χ3v) is 5.27. The Hall–Kier alpha value is -3.54. The Bertz CT molecular complexity index is 1140. The summed E-state index contributed by atoms with van der Waals surface area (Å²) in [6.45, 7) is 2.13. The van der Waals surface area contributed by atoms with Crippen molar-refractivity contribution in [3.05, 3.63) is 58.7 Å². The largest absolute Gasteiger partial charge is 0.490 e. The highest BCUT2D eigenvalue weighted by atomic mass is 35.5. The van der Waals surface area contributed by atoms with Crippen molar-refractivity contribution < 1.29 is 23.8 Å². The van der Waals surface area contributed by atoms with Crippen LogP contribution in [0.1, 0.15) is 12.5 Å². The highest BCUT2D eigenvalue weighted by Gasteiger charge is 2.40. The van der Waals surface area contributed by atoms with Gasteiger partial charge in [-0.2, -0.15) is 0 Å². The number of carbonyl (C=O) groups is 2. The molecule has 0 atom stereocenters. The number of esters is 1. The Kier molecular flexibility index (Phi) is 7.93. The molecule has 1 aliphatic rings. The molecular weight excluding hydrogens is 464 g/mol. The number of terminal acetylenes is 1. The standard InChI is InChI=1S/C24H21ClN2O5S/c1-4-12-32-20-11-6-16(14-21(20)31-5-2)13-19-23(29)27(18-9-7-17(25)8-10-18)24(33)26(19)15-22(28)30-3/h1,6-11,13-14H,5,12,15H2,2-3H3/b19-13-. The summed E-state index contributed by atoms with van der Waals surface area (Å²) < 4.78 is 16.0. The number of carbonyl (C=O) groups excluding carboxylic acids is 2. The molecule has 0 saturated carbocycles. The van der Waals surface area contributed by atoms with E-state index in [0.29, 0.717) is 34.4 Å². The van der Waals surface area contributed by atoms with Crippen LogP contribution in [0.15, 0.2) is 48.2 Å². The van der Waals surface area contributed by atoms with Crippen molar-refractivity contribution in [2.75, 3.05) is 31.8 Å². The third kappa shape index (κ3) is 5.45. The van der Waals surface area contributed by atoms with Crippen molar-refractivity contribution in [2.24, 2.45) is 0 Å². The first-order valence-electron chi connectivity index (χ1n) is 9.92. The molecule has 170 valence electrons. The first-order chi connectivity index (χ1) is 15.9. The quantitative estimate of drug-likeness (QED) is 0.243. The zero-order valence-corrected chi connectivity index (χ0v) is 19.6. The molecule has 0 radical (unpaired) electrons. The lowest BCUT2D eigenvalue weighted by Gasteiger charge is -2.19. The van der Waals surface area contributed by atoms with Gasteiger partial charge in [0.05, 0.1) is 19.4 Å². The number of amides is 1. The number of thiocarbonyl (C=S) groups is 1. The fourth-order valence-electron chi connectivity index (χ4n) is 3.12. The summed E-state index contributed by atoms with van der Waals surface area (Å²) in [5, 5.41) is 0.673. The molecule has 2 aromatic rings. The van der Waals surface area contributed by atoms with Crippen molar-refractivity contribution in [3.63, 3.8) is 0 Å². The molecule has 0 unspecified atom stereocenters.